The lowest BCUT2D eigenvalue weighted by Crippen LogP contribution is -1.95. The SMILES string of the molecule is C=CO.CC.CC.CC1CCCC1C. The monoisotopic (exact) mass is 202 g/mol. The Balaban J connectivity index is -0.000000148. The summed E-state index contributed by atoms with van der Waals surface area (Å²) in [6.07, 6.45) is 5.17. The summed E-state index contributed by atoms with van der Waals surface area (Å²) in [7, 11) is 0. The van der Waals surface area contributed by atoms with Crippen molar-refractivity contribution >= 4 is 0 Å². The quantitative estimate of drug-likeness (QED) is 0.536. The molecule has 0 radical (unpaired) electrons. The molecule has 88 valence electrons. The molecule has 0 heterocycles. The number of aliphatic hydroxyl groups excluding tert-OH is 1. The average molecular weight is 202 g/mol. The average Bonchev–Trinajstić information content (AvgIpc) is 2.59. The molecule has 1 saturated carbocycles. The fourth-order valence-electron chi connectivity index (χ4n) is 1.33. The number of hydrogen-bond acceptors (Lipinski definition) is 1. The summed E-state index contributed by atoms with van der Waals surface area (Å²) in [6.45, 7) is 15.6. The molecule has 0 aromatic rings. The van der Waals surface area contributed by atoms with Crippen LogP contribution < -0.4 is 0 Å². The molecule has 0 aromatic heterocycles. The minimum Gasteiger partial charge on any atom is -0.516 e. The number of aliphatic hydroxyl groups is 1. The summed E-state index contributed by atoms with van der Waals surface area (Å²) in [6, 6.07) is 0. The maximum absolute atomic E-state index is 7.33. The van der Waals surface area contributed by atoms with Crippen LogP contribution in [-0.4, -0.2) is 5.11 Å². The van der Waals surface area contributed by atoms with Crippen LogP contribution in [0, 0.1) is 11.8 Å². The van der Waals surface area contributed by atoms with Crippen LogP contribution in [0.2, 0.25) is 0 Å². The molecule has 2 unspecified atom stereocenters. The molecule has 1 N–H and O–H groups in total. The van der Waals surface area contributed by atoms with E-state index in [2.05, 4.69) is 20.4 Å². The minimum atomic E-state index is 0.750. The van der Waals surface area contributed by atoms with Gasteiger partial charge in [0.25, 0.3) is 0 Å². The molecule has 1 aliphatic rings. The van der Waals surface area contributed by atoms with Gasteiger partial charge < -0.3 is 5.11 Å². The van der Waals surface area contributed by atoms with Gasteiger partial charge in [-0.25, -0.2) is 0 Å². The predicted octanol–water partition coefficient (Wildman–Crippen LogP) is 5.18. The van der Waals surface area contributed by atoms with Crippen molar-refractivity contribution in [2.75, 3.05) is 0 Å². The third-order valence-electron chi connectivity index (χ3n) is 2.29. The van der Waals surface area contributed by atoms with Crippen LogP contribution in [0.5, 0.6) is 0 Å². The third kappa shape index (κ3) is 14.1. The van der Waals surface area contributed by atoms with Crippen molar-refractivity contribution in [1.82, 2.24) is 0 Å². The van der Waals surface area contributed by atoms with E-state index in [1.54, 1.807) is 0 Å². The van der Waals surface area contributed by atoms with Gasteiger partial charge in [-0.3, -0.25) is 0 Å². The standard InChI is InChI=1S/C7H14.C2H4O.2C2H6/c1-6-4-3-5-7(6)2;1-2-3;2*1-2/h6-7H,3-5H2,1-2H3;2-3H,1H2;2*1-2H3. The van der Waals surface area contributed by atoms with Crippen molar-refractivity contribution in [1.29, 1.82) is 0 Å². The van der Waals surface area contributed by atoms with E-state index in [0.717, 1.165) is 18.1 Å². The molecule has 1 fully saturated rings. The Kier molecular flexibility index (Phi) is 25.1. The van der Waals surface area contributed by atoms with Crippen LogP contribution in [0.25, 0.3) is 0 Å². The first-order valence-electron chi connectivity index (χ1n) is 5.97. The second-order valence-corrected chi connectivity index (χ2v) is 3.07. The van der Waals surface area contributed by atoms with Crippen LogP contribution in [0.15, 0.2) is 12.8 Å². The van der Waals surface area contributed by atoms with Gasteiger partial charge in [0.2, 0.25) is 0 Å². The molecule has 0 bridgehead atoms. The molecule has 0 spiro atoms. The Morgan fingerprint density at radius 1 is 1.00 bits per heavy atom. The molecule has 2 atom stereocenters. The summed E-state index contributed by atoms with van der Waals surface area (Å²) < 4.78 is 0. The highest BCUT2D eigenvalue weighted by atomic mass is 16.2. The van der Waals surface area contributed by atoms with E-state index in [-0.39, 0.29) is 0 Å². The zero-order valence-electron chi connectivity index (χ0n) is 11.0. The van der Waals surface area contributed by atoms with Gasteiger partial charge in [-0.1, -0.05) is 67.4 Å². The molecular formula is C13H30O. The second-order valence-electron chi connectivity index (χ2n) is 3.07. The van der Waals surface area contributed by atoms with Gasteiger partial charge >= 0.3 is 0 Å². The molecular weight excluding hydrogens is 172 g/mol. The van der Waals surface area contributed by atoms with E-state index in [0.29, 0.717) is 0 Å². The van der Waals surface area contributed by atoms with Gasteiger partial charge in [-0.15, -0.1) is 0 Å². The van der Waals surface area contributed by atoms with Gasteiger partial charge in [-0.2, -0.15) is 0 Å². The van der Waals surface area contributed by atoms with Crippen molar-refractivity contribution in [3.63, 3.8) is 0 Å². The zero-order chi connectivity index (χ0) is 12.0. The van der Waals surface area contributed by atoms with Crippen molar-refractivity contribution < 1.29 is 5.11 Å². The first-order chi connectivity index (χ1) is 6.72. The van der Waals surface area contributed by atoms with Crippen LogP contribution >= 0.6 is 0 Å². The topological polar surface area (TPSA) is 20.2 Å². The molecule has 1 rings (SSSR count). The smallest absolute Gasteiger partial charge is 0.0719 e. The molecule has 0 amide bonds. The van der Waals surface area contributed by atoms with Crippen molar-refractivity contribution in [3.8, 4) is 0 Å². The molecule has 14 heavy (non-hydrogen) atoms. The second kappa shape index (κ2) is 18.3. The molecule has 0 saturated heterocycles. The van der Waals surface area contributed by atoms with Gasteiger partial charge in [0.15, 0.2) is 0 Å². The van der Waals surface area contributed by atoms with E-state index in [1.165, 1.54) is 19.3 Å². The van der Waals surface area contributed by atoms with E-state index in [4.69, 9.17) is 5.11 Å². The summed E-state index contributed by atoms with van der Waals surface area (Å²) >= 11 is 0. The maximum atomic E-state index is 7.33. The molecule has 1 aliphatic carbocycles. The van der Waals surface area contributed by atoms with E-state index >= 15 is 0 Å². The Morgan fingerprint density at radius 2 is 1.21 bits per heavy atom. The molecule has 1 nitrogen and oxygen atoms in total. The normalized spacial score (nSPS) is 22.7. The highest BCUT2D eigenvalue weighted by Crippen LogP contribution is 2.29. The largest absolute Gasteiger partial charge is 0.516 e. The lowest BCUT2D eigenvalue weighted by molar-refractivity contribution is 0.457. The molecule has 0 aromatic carbocycles. The maximum Gasteiger partial charge on any atom is 0.0719 e. The highest BCUT2D eigenvalue weighted by Gasteiger charge is 2.17. The Hall–Kier alpha value is -0.460. The lowest BCUT2D eigenvalue weighted by atomic mass is 10.0. The summed E-state index contributed by atoms with van der Waals surface area (Å²) in [5.41, 5.74) is 0. The van der Waals surface area contributed by atoms with Crippen LogP contribution in [0.1, 0.15) is 60.8 Å². The van der Waals surface area contributed by atoms with Crippen LogP contribution in [0.4, 0.5) is 0 Å². The Labute approximate surface area is 91.2 Å². The Morgan fingerprint density at radius 3 is 1.29 bits per heavy atom. The third-order valence-corrected chi connectivity index (χ3v) is 2.29. The molecule has 1 heteroatoms. The first-order valence-corrected chi connectivity index (χ1v) is 5.97. The van der Waals surface area contributed by atoms with Crippen molar-refractivity contribution in [3.05, 3.63) is 12.8 Å². The number of rotatable bonds is 0. The minimum absolute atomic E-state index is 0.750. The fourth-order valence-corrected chi connectivity index (χ4v) is 1.33. The predicted molar refractivity (Wildman–Crippen MR) is 67.7 cm³/mol. The van der Waals surface area contributed by atoms with E-state index in [9.17, 15) is 0 Å². The van der Waals surface area contributed by atoms with Gasteiger partial charge in [0, 0.05) is 0 Å². The fraction of sp³-hybridized carbons (Fsp3) is 0.846. The van der Waals surface area contributed by atoms with Crippen LogP contribution in [-0.2, 0) is 0 Å². The number of hydrogen-bond donors (Lipinski definition) is 1. The first kappa shape index (κ1) is 19.2. The van der Waals surface area contributed by atoms with Crippen LogP contribution in [0.3, 0.4) is 0 Å². The van der Waals surface area contributed by atoms with Gasteiger partial charge in [-0.05, 0) is 11.8 Å². The van der Waals surface area contributed by atoms with Crippen molar-refractivity contribution in [2.45, 2.75) is 60.8 Å². The summed E-state index contributed by atoms with van der Waals surface area (Å²) in [5.74, 6) is 2.03. The van der Waals surface area contributed by atoms with Gasteiger partial charge in [0.1, 0.15) is 0 Å². The summed E-state index contributed by atoms with van der Waals surface area (Å²) in [5, 5.41) is 7.33. The van der Waals surface area contributed by atoms with Gasteiger partial charge in [0.05, 0.1) is 6.26 Å². The summed E-state index contributed by atoms with van der Waals surface area (Å²) in [4.78, 5) is 0. The zero-order valence-corrected chi connectivity index (χ0v) is 11.0. The van der Waals surface area contributed by atoms with E-state index < -0.39 is 0 Å². The Bertz CT molecular complexity index is 81.2. The van der Waals surface area contributed by atoms with E-state index in [1.807, 2.05) is 27.7 Å². The molecule has 0 aliphatic heterocycles. The lowest BCUT2D eigenvalue weighted by Gasteiger charge is -2.05. The van der Waals surface area contributed by atoms with Crippen molar-refractivity contribution in [2.24, 2.45) is 11.8 Å². The highest BCUT2D eigenvalue weighted by molar-refractivity contribution is 4.69.